The molecule has 0 aliphatic heterocycles. The molecule has 0 spiro atoms. The molecular formula is C62H70ClF5N6O15S3. The van der Waals surface area contributed by atoms with Gasteiger partial charge in [0.05, 0.1) is 110 Å². The number of aromatic nitrogens is 6. The topological polar surface area (TPSA) is 239 Å². The van der Waals surface area contributed by atoms with Crippen LogP contribution in [0.5, 0.6) is 34.5 Å². The Labute approximate surface area is 532 Å². The van der Waals surface area contributed by atoms with Crippen LogP contribution in [0.15, 0.2) is 118 Å². The molecule has 3 aromatic heterocycles. The average Bonchev–Trinajstić information content (AvgIpc) is 1.60. The highest BCUT2D eigenvalue weighted by molar-refractivity contribution is 7.91. The number of aryl methyl sites for hydroxylation is 3. The molecule has 0 radical (unpaired) electrons. The van der Waals surface area contributed by atoms with E-state index in [4.69, 9.17) is 40.0 Å². The van der Waals surface area contributed by atoms with Crippen LogP contribution >= 0.6 is 11.6 Å². The fourth-order valence-electron chi connectivity index (χ4n) is 10.7. The lowest BCUT2D eigenvalue weighted by molar-refractivity contribution is -0.137. The number of nitrogens with zero attached hydrogens (tertiary/aromatic N) is 6. The molecule has 0 amide bonds. The number of hydrogen-bond donors (Lipinski definition) is 0. The number of imidazole rings is 3. The van der Waals surface area contributed by atoms with Crippen molar-refractivity contribution in [2.75, 3.05) is 77.2 Å². The first-order chi connectivity index (χ1) is 43.1. The van der Waals surface area contributed by atoms with E-state index in [1.165, 1.54) is 50.6 Å². The number of rotatable bonds is 22. The Morgan fingerprint density at radius 1 is 0.467 bits per heavy atom. The van der Waals surface area contributed by atoms with Gasteiger partial charge in [0, 0.05) is 56.6 Å². The maximum Gasteiger partial charge on any atom is 0.416 e. The zero-order valence-electron chi connectivity index (χ0n) is 52.3. The molecule has 0 bridgehead atoms. The minimum absolute atomic E-state index is 0.0227. The van der Waals surface area contributed by atoms with Gasteiger partial charge in [0.15, 0.2) is 40.3 Å². The second-order valence-electron chi connectivity index (χ2n) is 21.3. The van der Waals surface area contributed by atoms with Crippen molar-refractivity contribution in [3.63, 3.8) is 0 Å². The van der Waals surface area contributed by atoms with Crippen molar-refractivity contribution >= 4 is 74.2 Å². The third kappa shape index (κ3) is 15.9. The van der Waals surface area contributed by atoms with Crippen LogP contribution in [0.25, 0.3) is 33.1 Å². The van der Waals surface area contributed by atoms with Crippen LogP contribution in [0.4, 0.5) is 22.0 Å². The summed E-state index contributed by atoms with van der Waals surface area (Å²) in [5, 5.41) is 0.504. The summed E-state index contributed by atoms with van der Waals surface area (Å²) in [5.41, 5.74) is 0.335. The molecule has 0 aliphatic rings. The number of fused-ring (bicyclic) bond motifs is 3. The molecule has 0 N–H and O–H groups in total. The Balaban J connectivity index is 0.000000196. The quantitative estimate of drug-likeness (QED) is 0.0574. The van der Waals surface area contributed by atoms with Gasteiger partial charge in [0.1, 0.15) is 40.8 Å². The second kappa shape index (κ2) is 28.7. The molecule has 3 atom stereocenters. The Bertz CT molecular complexity index is 4750. The summed E-state index contributed by atoms with van der Waals surface area (Å²) in [4.78, 5) is 39.3. The number of sulfone groups is 3. The molecule has 9 aromatic rings. The summed E-state index contributed by atoms with van der Waals surface area (Å²) in [5.74, 6) is -0.349. The molecule has 0 saturated heterocycles. The molecule has 21 nitrogen and oxygen atoms in total. The standard InChI is InChI=1S/C21H25ClN2O5S.C21H23F3N2O5S.C20H22F2N2O5S/c1-5-23-17-12-15(22)8-9-16(17)24(21(23)25)18(13-30(4,26)27)14-7-10-19(28-3)20(11-14)29-6-2;1-5-31-19-10-13(6-9-18(19)30-3)17(12-32(4,28)29)26-15-8-7-14(21(22,23)24)11-16(15)25(2)20(26)27;1-5-29-18-8-12(6-7-17(18)28-3)16(11-30(4,26)27)24-19-14(22)9-13(21)10-15(19)23(2)20(24)25/h7-12,18H,5-6,13H2,1-4H3;6-11,17H,5,12H2,1-4H3;6-10,16H,5,11H2,1-4H3/t18-;17-;16-/m000/s1. The van der Waals surface area contributed by atoms with Crippen molar-refractivity contribution < 1.29 is 75.6 Å². The highest BCUT2D eigenvalue weighted by Crippen LogP contribution is 2.38. The number of halogens is 6. The van der Waals surface area contributed by atoms with Crippen molar-refractivity contribution in [3.05, 3.63) is 173 Å². The number of hydrogen-bond acceptors (Lipinski definition) is 15. The third-order valence-electron chi connectivity index (χ3n) is 14.7. The summed E-state index contributed by atoms with van der Waals surface area (Å²) < 4.78 is 182. The molecule has 9 rings (SSSR count). The van der Waals surface area contributed by atoms with Crippen LogP contribution < -0.4 is 45.5 Å². The largest absolute Gasteiger partial charge is 0.493 e. The molecule has 3 heterocycles. The number of methoxy groups -OCH3 is 3. The van der Waals surface area contributed by atoms with E-state index in [-0.39, 0.29) is 33.5 Å². The molecule has 6 aromatic carbocycles. The lowest BCUT2D eigenvalue weighted by atomic mass is 10.1. The lowest BCUT2D eigenvalue weighted by Crippen LogP contribution is -2.31. The Morgan fingerprint density at radius 3 is 1.26 bits per heavy atom. The Morgan fingerprint density at radius 2 is 0.859 bits per heavy atom. The van der Waals surface area contributed by atoms with E-state index in [2.05, 4.69) is 0 Å². The average molecular weight is 1370 g/mol. The van der Waals surface area contributed by atoms with Gasteiger partial charge in [-0.1, -0.05) is 29.8 Å². The Hall–Kier alpha value is -8.28. The minimum Gasteiger partial charge on any atom is -0.493 e. The molecule has 0 saturated carbocycles. The highest BCUT2D eigenvalue weighted by Gasteiger charge is 2.34. The molecule has 0 fully saturated rings. The summed E-state index contributed by atoms with van der Waals surface area (Å²) in [6, 6.07) is 21.7. The first kappa shape index (κ1) is 71.2. The zero-order valence-corrected chi connectivity index (χ0v) is 55.5. The van der Waals surface area contributed by atoms with Gasteiger partial charge in [-0.15, -0.1) is 0 Å². The van der Waals surface area contributed by atoms with Crippen LogP contribution in [-0.2, 0) is 56.3 Å². The monoisotopic (exact) mass is 1360 g/mol. The maximum atomic E-state index is 14.7. The van der Waals surface area contributed by atoms with Crippen LogP contribution in [0.2, 0.25) is 5.02 Å². The molecule has 92 heavy (non-hydrogen) atoms. The first-order valence-electron chi connectivity index (χ1n) is 28.3. The van der Waals surface area contributed by atoms with Gasteiger partial charge in [-0.2, -0.15) is 13.2 Å². The SMILES string of the molecule is CCOc1cc([C@H](CS(C)(=O)=O)n2c(=O)n(C)c3cc(C(F)(F)F)ccc32)ccc1OC.CCOc1cc([C@H](CS(C)(=O)=O)n2c(=O)n(C)c3cc(F)cc(F)c32)ccc1OC.CCOc1cc([C@H](CS(C)(=O)=O)n2c(=O)n(CC)c3cc(Cl)ccc32)ccc1OC. The zero-order chi connectivity index (χ0) is 68.1. The van der Waals surface area contributed by atoms with Crippen LogP contribution in [-0.4, -0.2) is 130 Å². The summed E-state index contributed by atoms with van der Waals surface area (Å²) in [7, 11) is -3.43. The van der Waals surface area contributed by atoms with E-state index in [1.54, 1.807) is 91.2 Å². The molecule has 0 unspecified atom stereocenters. The minimum atomic E-state index is -4.58. The van der Waals surface area contributed by atoms with Gasteiger partial charge in [-0.25, -0.2) is 48.4 Å². The van der Waals surface area contributed by atoms with Crippen molar-refractivity contribution in [2.45, 2.75) is 58.5 Å². The van der Waals surface area contributed by atoms with E-state index >= 15 is 0 Å². The highest BCUT2D eigenvalue weighted by atomic mass is 35.5. The first-order valence-corrected chi connectivity index (χ1v) is 34.9. The maximum absolute atomic E-state index is 14.7. The van der Waals surface area contributed by atoms with E-state index in [0.29, 0.717) is 99.7 Å². The van der Waals surface area contributed by atoms with Gasteiger partial charge in [0.2, 0.25) is 0 Å². The smallest absolute Gasteiger partial charge is 0.416 e. The van der Waals surface area contributed by atoms with E-state index in [0.717, 1.165) is 50.7 Å². The third-order valence-corrected chi connectivity index (χ3v) is 17.7. The second-order valence-corrected chi connectivity index (χ2v) is 28.3. The summed E-state index contributed by atoms with van der Waals surface area (Å²) in [6.45, 7) is 8.77. The fraction of sp³-hybridized carbons (Fsp3) is 0.371. The van der Waals surface area contributed by atoms with Crippen molar-refractivity contribution in [1.82, 2.24) is 27.4 Å². The molecule has 0 aliphatic carbocycles. The van der Waals surface area contributed by atoms with Gasteiger partial charge >= 0.3 is 23.2 Å². The number of benzene rings is 6. The number of alkyl halides is 3. The normalized spacial score (nSPS) is 13.0. The molecule has 30 heteroatoms. The Kier molecular flexibility index (Phi) is 22.2. The molecular weight excluding hydrogens is 1300 g/mol. The van der Waals surface area contributed by atoms with Crippen molar-refractivity contribution in [1.29, 1.82) is 0 Å². The van der Waals surface area contributed by atoms with Crippen LogP contribution in [0, 0.1) is 11.6 Å². The number of ether oxygens (including phenoxy) is 6. The predicted molar refractivity (Wildman–Crippen MR) is 342 cm³/mol. The summed E-state index contributed by atoms with van der Waals surface area (Å²) >= 11 is 6.15. The van der Waals surface area contributed by atoms with Gasteiger partial charge in [-0.3, -0.25) is 27.4 Å². The van der Waals surface area contributed by atoms with Crippen molar-refractivity contribution in [3.8, 4) is 34.5 Å². The fourth-order valence-corrected chi connectivity index (χ4v) is 13.6. The van der Waals surface area contributed by atoms with Gasteiger partial charge in [0.25, 0.3) is 0 Å². The lowest BCUT2D eigenvalue weighted by Gasteiger charge is -2.20. The van der Waals surface area contributed by atoms with Crippen LogP contribution in [0.3, 0.4) is 0 Å². The van der Waals surface area contributed by atoms with E-state index in [1.807, 2.05) is 13.8 Å². The summed E-state index contributed by atoms with van der Waals surface area (Å²) in [6.07, 6.45) is -1.36. The van der Waals surface area contributed by atoms with Gasteiger partial charge < -0.3 is 28.4 Å². The predicted octanol–water partition coefficient (Wildman–Crippen LogP) is 9.58. The van der Waals surface area contributed by atoms with Crippen LogP contribution in [0.1, 0.15) is 68.1 Å². The van der Waals surface area contributed by atoms with Gasteiger partial charge in [-0.05, 0) is 117 Å². The van der Waals surface area contributed by atoms with E-state index < -0.39 is 93.9 Å². The molecule has 498 valence electrons. The van der Waals surface area contributed by atoms with Crippen molar-refractivity contribution in [2.24, 2.45) is 14.1 Å². The van der Waals surface area contributed by atoms with E-state index in [9.17, 15) is 61.6 Å².